The summed E-state index contributed by atoms with van der Waals surface area (Å²) < 4.78 is 0. The molecule has 3 heterocycles. The quantitative estimate of drug-likeness (QED) is 0.464. The van der Waals surface area contributed by atoms with Crippen molar-refractivity contribution in [2.45, 2.75) is 52.1 Å². The number of benzene rings is 1. The van der Waals surface area contributed by atoms with E-state index >= 15 is 0 Å². The molecule has 0 aliphatic carbocycles. The molecule has 168 valence electrons. The standard InChI is InChI=1S/C26H30N2O2S2/c1-4-19(3)28(24(29)16-20-9-7-14-31-20)17-25(30)27-13-11-23-22(12-15-32-23)26(27)21-10-6-5-8-18(21)2/h5-10,12,14-15,19,26H,4,11,13,16-17H2,1-3H3. The number of amides is 2. The van der Waals surface area contributed by atoms with E-state index in [1.807, 2.05) is 41.5 Å². The molecule has 0 radical (unpaired) electrons. The van der Waals surface area contributed by atoms with E-state index in [4.69, 9.17) is 0 Å². The van der Waals surface area contributed by atoms with Crippen molar-refractivity contribution in [1.29, 1.82) is 0 Å². The molecule has 0 spiro atoms. The van der Waals surface area contributed by atoms with Gasteiger partial charge in [0.2, 0.25) is 11.8 Å². The van der Waals surface area contributed by atoms with Crippen LogP contribution >= 0.6 is 22.7 Å². The summed E-state index contributed by atoms with van der Waals surface area (Å²) in [5, 5.41) is 4.11. The predicted octanol–water partition coefficient (Wildman–Crippen LogP) is 5.46. The van der Waals surface area contributed by atoms with Gasteiger partial charge >= 0.3 is 0 Å². The normalized spacial score (nSPS) is 16.5. The minimum absolute atomic E-state index is 0.0184. The maximum atomic E-state index is 13.7. The molecule has 1 aromatic carbocycles. The molecule has 0 saturated carbocycles. The lowest BCUT2D eigenvalue weighted by molar-refractivity contribution is -0.143. The molecular formula is C26H30N2O2S2. The number of carbonyl (C=O) groups excluding carboxylic acids is 2. The molecule has 6 heteroatoms. The van der Waals surface area contributed by atoms with Crippen LogP contribution in [0.25, 0.3) is 0 Å². The Morgan fingerprint density at radius 2 is 1.91 bits per heavy atom. The van der Waals surface area contributed by atoms with Crippen LogP contribution in [-0.2, 0) is 22.4 Å². The van der Waals surface area contributed by atoms with Crippen LogP contribution in [0.4, 0.5) is 0 Å². The van der Waals surface area contributed by atoms with Crippen LogP contribution in [0, 0.1) is 6.92 Å². The second-order valence-corrected chi connectivity index (χ2v) is 10.5. The third-order valence-corrected chi connectivity index (χ3v) is 8.30. The fourth-order valence-corrected chi connectivity index (χ4v) is 6.02. The summed E-state index contributed by atoms with van der Waals surface area (Å²) in [6.45, 7) is 7.01. The zero-order valence-corrected chi connectivity index (χ0v) is 20.5. The van der Waals surface area contributed by atoms with E-state index in [-0.39, 0.29) is 30.4 Å². The fraction of sp³-hybridized carbons (Fsp3) is 0.385. The maximum absolute atomic E-state index is 13.7. The minimum Gasteiger partial charge on any atom is -0.330 e. The van der Waals surface area contributed by atoms with Crippen LogP contribution in [0.1, 0.15) is 52.8 Å². The van der Waals surface area contributed by atoms with Crippen LogP contribution in [0.5, 0.6) is 0 Å². The van der Waals surface area contributed by atoms with Gasteiger partial charge in [0.05, 0.1) is 12.5 Å². The van der Waals surface area contributed by atoms with Crippen LogP contribution in [0.3, 0.4) is 0 Å². The highest BCUT2D eigenvalue weighted by Gasteiger charge is 2.35. The van der Waals surface area contributed by atoms with E-state index in [1.54, 1.807) is 27.6 Å². The lowest BCUT2D eigenvalue weighted by Crippen LogP contribution is -2.49. The van der Waals surface area contributed by atoms with Crippen molar-refractivity contribution in [3.63, 3.8) is 0 Å². The lowest BCUT2D eigenvalue weighted by Gasteiger charge is -2.39. The van der Waals surface area contributed by atoms with Gasteiger partial charge in [0.15, 0.2) is 0 Å². The highest BCUT2D eigenvalue weighted by Crippen LogP contribution is 2.39. The van der Waals surface area contributed by atoms with E-state index < -0.39 is 0 Å². The smallest absolute Gasteiger partial charge is 0.243 e. The second kappa shape index (κ2) is 10.0. The average molecular weight is 467 g/mol. The summed E-state index contributed by atoms with van der Waals surface area (Å²) in [6.07, 6.45) is 2.04. The van der Waals surface area contributed by atoms with Gasteiger partial charge < -0.3 is 9.80 Å². The average Bonchev–Trinajstić information content (AvgIpc) is 3.48. The van der Waals surface area contributed by atoms with E-state index in [9.17, 15) is 9.59 Å². The maximum Gasteiger partial charge on any atom is 0.243 e. The summed E-state index contributed by atoms with van der Waals surface area (Å²) in [4.78, 5) is 33.0. The highest BCUT2D eigenvalue weighted by atomic mass is 32.1. The molecule has 0 saturated heterocycles. The Labute approximate surface area is 198 Å². The Morgan fingerprint density at radius 1 is 1.09 bits per heavy atom. The molecule has 0 fully saturated rings. The number of carbonyl (C=O) groups is 2. The van der Waals surface area contributed by atoms with Crippen LogP contribution in [0.2, 0.25) is 0 Å². The van der Waals surface area contributed by atoms with Gasteiger partial charge in [-0.25, -0.2) is 0 Å². The molecule has 1 aliphatic heterocycles. The highest BCUT2D eigenvalue weighted by molar-refractivity contribution is 7.10. The first-order valence-corrected chi connectivity index (χ1v) is 13.0. The largest absolute Gasteiger partial charge is 0.330 e. The van der Waals surface area contributed by atoms with Crippen molar-refractivity contribution in [1.82, 2.24) is 9.80 Å². The SMILES string of the molecule is CCC(C)N(CC(=O)N1CCc2sccc2C1c1ccccc1C)C(=O)Cc1cccs1. The van der Waals surface area contributed by atoms with Crippen LogP contribution < -0.4 is 0 Å². The monoisotopic (exact) mass is 466 g/mol. The van der Waals surface area contributed by atoms with E-state index in [0.29, 0.717) is 13.0 Å². The Hall–Kier alpha value is -2.44. The van der Waals surface area contributed by atoms with Crippen molar-refractivity contribution >= 4 is 34.5 Å². The van der Waals surface area contributed by atoms with Crippen molar-refractivity contribution in [3.8, 4) is 0 Å². The van der Waals surface area contributed by atoms with E-state index in [2.05, 4.69) is 37.4 Å². The third-order valence-electron chi connectivity index (χ3n) is 6.42. The van der Waals surface area contributed by atoms with Crippen LogP contribution in [0.15, 0.2) is 53.2 Å². The van der Waals surface area contributed by atoms with Gasteiger partial charge in [-0.15, -0.1) is 22.7 Å². The number of thiophene rings is 2. The Morgan fingerprint density at radius 3 is 2.62 bits per heavy atom. The lowest BCUT2D eigenvalue weighted by atomic mass is 9.90. The summed E-state index contributed by atoms with van der Waals surface area (Å²) in [5.74, 6) is 0.0470. The number of fused-ring (bicyclic) bond motifs is 1. The van der Waals surface area contributed by atoms with Crippen LogP contribution in [-0.4, -0.2) is 40.7 Å². The molecule has 0 N–H and O–H groups in total. The molecule has 32 heavy (non-hydrogen) atoms. The van der Waals surface area contributed by atoms with Gasteiger partial charge in [-0.3, -0.25) is 9.59 Å². The molecular weight excluding hydrogens is 436 g/mol. The first-order chi connectivity index (χ1) is 15.5. The summed E-state index contributed by atoms with van der Waals surface area (Å²) in [7, 11) is 0. The number of aryl methyl sites for hydroxylation is 1. The molecule has 3 aromatic rings. The summed E-state index contributed by atoms with van der Waals surface area (Å²) >= 11 is 3.36. The summed E-state index contributed by atoms with van der Waals surface area (Å²) in [5.41, 5.74) is 3.58. The van der Waals surface area contributed by atoms with Crippen molar-refractivity contribution in [2.24, 2.45) is 0 Å². The second-order valence-electron chi connectivity index (χ2n) is 8.43. The molecule has 0 bridgehead atoms. The molecule has 1 aliphatic rings. The fourth-order valence-electron chi connectivity index (χ4n) is 4.42. The minimum atomic E-state index is -0.0927. The van der Waals surface area contributed by atoms with Crippen molar-refractivity contribution < 1.29 is 9.59 Å². The first kappa shape index (κ1) is 22.7. The zero-order valence-electron chi connectivity index (χ0n) is 18.9. The molecule has 2 unspecified atom stereocenters. The van der Waals surface area contributed by atoms with E-state index in [0.717, 1.165) is 17.7 Å². The van der Waals surface area contributed by atoms with Gasteiger partial charge in [-0.2, -0.15) is 0 Å². The van der Waals surface area contributed by atoms with Gasteiger partial charge in [0.1, 0.15) is 6.54 Å². The Balaban J connectivity index is 1.61. The number of hydrogen-bond acceptors (Lipinski definition) is 4. The molecule has 2 amide bonds. The van der Waals surface area contributed by atoms with E-state index in [1.165, 1.54) is 21.6 Å². The summed E-state index contributed by atoms with van der Waals surface area (Å²) in [6, 6.07) is 14.3. The van der Waals surface area contributed by atoms with Gasteiger partial charge in [-0.1, -0.05) is 37.3 Å². The molecule has 2 atom stereocenters. The van der Waals surface area contributed by atoms with Crippen molar-refractivity contribution in [3.05, 3.63) is 79.7 Å². The molecule has 4 rings (SSSR count). The third kappa shape index (κ3) is 4.66. The van der Waals surface area contributed by atoms with Gasteiger partial charge in [-0.05, 0) is 66.3 Å². The first-order valence-electron chi connectivity index (χ1n) is 11.2. The van der Waals surface area contributed by atoms with Gasteiger partial charge in [0, 0.05) is 22.3 Å². The Kier molecular flexibility index (Phi) is 7.11. The molecule has 4 nitrogen and oxygen atoms in total. The zero-order chi connectivity index (χ0) is 22.7. The Bertz CT molecular complexity index is 1070. The van der Waals surface area contributed by atoms with Crippen molar-refractivity contribution in [2.75, 3.05) is 13.1 Å². The number of hydrogen-bond donors (Lipinski definition) is 0. The molecule has 2 aromatic heterocycles. The predicted molar refractivity (Wildman–Crippen MR) is 132 cm³/mol. The topological polar surface area (TPSA) is 40.6 Å². The number of nitrogens with zero attached hydrogens (tertiary/aromatic N) is 2. The van der Waals surface area contributed by atoms with Gasteiger partial charge in [0.25, 0.3) is 0 Å². The number of rotatable bonds is 7.